The van der Waals surface area contributed by atoms with Crippen molar-refractivity contribution in [1.82, 2.24) is 18.7 Å². The average molecular weight is 537 g/mol. The molecule has 0 unspecified atom stereocenters. The Kier molecular flexibility index (Phi) is 7.47. The molecule has 4 aromatic rings. The Morgan fingerprint density at radius 3 is 2.46 bits per heavy atom. The standard InChI is InChI=1S/C25H24ClF3N4O4/c1-25(28,29)37-18-8-9-19(27)16(12-18)13-20-30-22-21(33(20)14-15-4-6-17(26)7-5-15)23(35)32(10-3-11-34)24(36)31(22)2/h4-9,12,34H,3,10-11,13-14H2,1-2H3. The third kappa shape index (κ3) is 5.72. The minimum absolute atomic E-state index is 0.00134. The van der Waals surface area contributed by atoms with E-state index >= 15 is 0 Å². The monoisotopic (exact) mass is 536 g/mol. The van der Waals surface area contributed by atoms with E-state index in [1.807, 2.05) is 0 Å². The van der Waals surface area contributed by atoms with Crippen LogP contribution in [0.25, 0.3) is 11.2 Å². The number of nitrogens with zero attached hydrogens (tertiary/aromatic N) is 4. The van der Waals surface area contributed by atoms with E-state index in [0.29, 0.717) is 11.9 Å². The number of halogens is 4. The molecule has 2 aromatic heterocycles. The highest BCUT2D eigenvalue weighted by Gasteiger charge is 2.25. The van der Waals surface area contributed by atoms with Gasteiger partial charge in [-0.05, 0) is 47.9 Å². The number of hydrogen-bond acceptors (Lipinski definition) is 5. The Morgan fingerprint density at radius 1 is 1.11 bits per heavy atom. The second-order valence-electron chi connectivity index (χ2n) is 8.63. The maximum Gasteiger partial charge on any atom is 0.394 e. The molecule has 0 radical (unpaired) electrons. The van der Waals surface area contributed by atoms with Gasteiger partial charge in [0.05, 0.1) is 0 Å². The lowest BCUT2D eigenvalue weighted by molar-refractivity contribution is -0.159. The summed E-state index contributed by atoms with van der Waals surface area (Å²) in [6, 6.07) is 10.1. The second-order valence-corrected chi connectivity index (χ2v) is 9.06. The number of aliphatic hydroxyl groups excluding tert-OH is 1. The summed E-state index contributed by atoms with van der Waals surface area (Å²) in [5.74, 6) is -0.676. The molecule has 8 nitrogen and oxygen atoms in total. The lowest BCUT2D eigenvalue weighted by atomic mass is 10.1. The second kappa shape index (κ2) is 10.4. The van der Waals surface area contributed by atoms with E-state index in [-0.39, 0.29) is 60.8 Å². The fourth-order valence-corrected chi connectivity index (χ4v) is 4.17. The Balaban J connectivity index is 1.90. The number of ether oxygens (including phenoxy) is 1. The highest BCUT2D eigenvalue weighted by atomic mass is 35.5. The van der Waals surface area contributed by atoms with Crippen LogP contribution in [0, 0.1) is 5.82 Å². The van der Waals surface area contributed by atoms with Crippen molar-refractivity contribution in [3.63, 3.8) is 0 Å². The summed E-state index contributed by atoms with van der Waals surface area (Å²) in [6.07, 6.45) is -3.45. The molecule has 0 aliphatic rings. The van der Waals surface area contributed by atoms with Gasteiger partial charge in [0.1, 0.15) is 17.4 Å². The normalized spacial score (nSPS) is 11.9. The van der Waals surface area contributed by atoms with Crippen LogP contribution in [-0.4, -0.2) is 36.5 Å². The zero-order valence-corrected chi connectivity index (χ0v) is 20.8. The van der Waals surface area contributed by atoms with Gasteiger partial charge < -0.3 is 14.4 Å². The van der Waals surface area contributed by atoms with E-state index in [1.165, 1.54) is 11.6 Å². The van der Waals surface area contributed by atoms with Crippen LogP contribution in [0.1, 0.15) is 30.3 Å². The van der Waals surface area contributed by atoms with Crippen molar-refractivity contribution in [2.24, 2.45) is 7.05 Å². The van der Waals surface area contributed by atoms with Gasteiger partial charge in [-0.2, -0.15) is 8.78 Å². The number of hydrogen-bond donors (Lipinski definition) is 1. The molecule has 4 rings (SSSR count). The van der Waals surface area contributed by atoms with E-state index in [0.717, 1.165) is 28.3 Å². The third-order valence-corrected chi connectivity index (χ3v) is 6.02. The van der Waals surface area contributed by atoms with Gasteiger partial charge in [0.15, 0.2) is 11.2 Å². The smallest absolute Gasteiger partial charge is 0.394 e. The molecule has 0 fully saturated rings. The molecule has 0 bridgehead atoms. The summed E-state index contributed by atoms with van der Waals surface area (Å²) in [6.45, 7) is 0.501. The van der Waals surface area contributed by atoms with E-state index in [9.17, 15) is 27.9 Å². The van der Waals surface area contributed by atoms with E-state index in [4.69, 9.17) is 11.6 Å². The Labute approximate surface area is 214 Å². The first-order valence-electron chi connectivity index (χ1n) is 11.4. The quantitative estimate of drug-likeness (QED) is 0.352. The predicted molar refractivity (Wildman–Crippen MR) is 132 cm³/mol. The molecule has 0 amide bonds. The third-order valence-electron chi connectivity index (χ3n) is 5.77. The zero-order chi connectivity index (χ0) is 26.9. The van der Waals surface area contributed by atoms with Crippen molar-refractivity contribution in [2.75, 3.05) is 6.61 Å². The molecule has 0 saturated carbocycles. The molecule has 2 aromatic carbocycles. The molecular formula is C25H24ClF3N4O4. The number of alkyl halides is 2. The Bertz CT molecular complexity index is 1560. The van der Waals surface area contributed by atoms with Crippen LogP contribution in [0.2, 0.25) is 5.02 Å². The summed E-state index contributed by atoms with van der Waals surface area (Å²) in [4.78, 5) is 30.8. The number of fused-ring (bicyclic) bond motifs is 1. The van der Waals surface area contributed by atoms with E-state index < -0.39 is 23.2 Å². The van der Waals surface area contributed by atoms with Crippen LogP contribution in [0.15, 0.2) is 52.1 Å². The predicted octanol–water partition coefficient (Wildman–Crippen LogP) is 3.70. The van der Waals surface area contributed by atoms with E-state index in [2.05, 4.69) is 9.72 Å². The highest BCUT2D eigenvalue weighted by Crippen LogP contribution is 2.26. The molecule has 2 heterocycles. The van der Waals surface area contributed by atoms with Gasteiger partial charge in [-0.1, -0.05) is 23.7 Å². The van der Waals surface area contributed by atoms with Crippen molar-refractivity contribution < 1.29 is 23.0 Å². The molecule has 0 aliphatic carbocycles. The van der Waals surface area contributed by atoms with Crippen LogP contribution < -0.4 is 16.0 Å². The fraction of sp³-hybridized carbons (Fsp3) is 0.320. The number of aryl methyl sites for hydroxylation is 1. The summed E-state index contributed by atoms with van der Waals surface area (Å²) in [5, 5.41) is 9.72. The number of imidazole rings is 1. The molecule has 0 atom stereocenters. The first-order chi connectivity index (χ1) is 17.5. The zero-order valence-electron chi connectivity index (χ0n) is 20.0. The first kappa shape index (κ1) is 26.5. The molecule has 12 heteroatoms. The van der Waals surface area contributed by atoms with Gasteiger partial charge in [0.2, 0.25) is 0 Å². The van der Waals surface area contributed by atoms with Crippen molar-refractivity contribution in [2.45, 2.75) is 39.0 Å². The van der Waals surface area contributed by atoms with Crippen molar-refractivity contribution in [3.05, 3.63) is 91.1 Å². The largest absolute Gasteiger partial charge is 0.433 e. The van der Waals surface area contributed by atoms with Gasteiger partial charge in [-0.15, -0.1) is 0 Å². The summed E-state index contributed by atoms with van der Waals surface area (Å²) >= 11 is 6.00. The molecule has 0 saturated heterocycles. The molecular weight excluding hydrogens is 513 g/mol. The lowest BCUT2D eigenvalue weighted by Crippen LogP contribution is -2.40. The first-order valence-corrected chi connectivity index (χ1v) is 11.8. The van der Waals surface area contributed by atoms with Crippen LogP contribution in [-0.2, 0) is 26.6 Å². The summed E-state index contributed by atoms with van der Waals surface area (Å²) in [5.41, 5.74) is -0.254. The van der Waals surface area contributed by atoms with Gasteiger partial charge in [0, 0.05) is 45.1 Å². The molecule has 37 heavy (non-hydrogen) atoms. The molecule has 0 aliphatic heterocycles. The number of rotatable bonds is 9. The number of aliphatic hydroxyl groups is 1. The maximum atomic E-state index is 14.7. The van der Waals surface area contributed by atoms with E-state index in [1.54, 1.807) is 28.8 Å². The fourth-order valence-electron chi connectivity index (χ4n) is 4.05. The topological polar surface area (TPSA) is 91.3 Å². The van der Waals surface area contributed by atoms with Crippen LogP contribution in [0.5, 0.6) is 5.75 Å². The molecule has 196 valence electrons. The van der Waals surface area contributed by atoms with Gasteiger partial charge in [-0.3, -0.25) is 13.9 Å². The SMILES string of the molecule is Cn1c(=O)n(CCCO)c(=O)c2c1nc(Cc1cc(OC(C)(F)F)ccc1F)n2Cc1ccc(Cl)cc1. The Morgan fingerprint density at radius 2 is 1.81 bits per heavy atom. The lowest BCUT2D eigenvalue weighted by Gasteiger charge is -2.15. The van der Waals surface area contributed by atoms with Crippen LogP contribution >= 0.6 is 11.6 Å². The number of aromatic nitrogens is 4. The van der Waals surface area contributed by atoms with Crippen LogP contribution in [0.4, 0.5) is 13.2 Å². The number of benzene rings is 2. The maximum absolute atomic E-state index is 14.7. The minimum atomic E-state index is -3.46. The van der Waals surface area contributed by atoms with Gasteiger partial charge in [-0.25, -0.2) is 14.2 Å². The summed E-state index contributed by atoms with van der Waals surface area (Å²) in [7, 11) is 1.46. The van der Waals surface area contributed by atoms with Crippen LogP contribution in [0.3, 0.4) is 0 Å². The summed E-state index contributed by atoms with van der Waals surface area (Å²) < 4.78 is 49.8. The van der Waals surface area contributed by atoms with Crippen molar-refractivity contribution in [3.8, 4) is 5.75 Å². The van der Waals surface area contributed by atoms with Crippen molar-refractivity contribution >= 4 is 22.8 Å². The molecule has 0 spiro atoms. The average Bonchev–Trinajstić information content (AvgIpc) is 3.18. The van der Waals surface area contributed by atoms with Gasteiger partial charge >= 0.3 is 11.8 Å². The minimum Gasteiger partial charge on any atom is -0.433 e. The van der Waals surface area contributed by atoms with Gasteiger partial charge in [0.25, 0.3) is 5.56 Å². The highest BCUT2D eigenvalue weighted by molar-refractivity contribution is 6.30. The molecule has 1 N–H and O–H groups in total. The van der Waals surface area contributed by atoms with Crippen molar-refractivity contribution in [1.29, 1.82) is 0 Å². The Hall–Kier alpha value is -3.57.